The second kappa shape index (κ2) is 2.98. The maximum absolute atomic E-state index is 10.9. The van der Waals surface area contributed by atoms with E-state index in [0.29, 0.717) is 18.5 Å². The highest BCUT2D eigenvalue weighted by Gasteiger charge is 2.41. The molecule has 0 aromatic carbocycles. The van der Waals surface area contributed by atoms with Crippen molar-refractivity contribution < 1.29 is 4.79 Å². The maximum Gasteiger partial charge on any atom is 0.217 e. The van der Waals surface area contributed by atoms with Gasteiger partial charge in [0, 0.05) is 18.5 Å². The number of carbonyl (C=O) groups excluding carboxylic acids is 1. The third kappa shape index (κ3) is 1.85. The highest BCUT2D eigenvalue weighted by molar-refractivity contribution is 5.74. The van der Waals surface area contributed by atoms with E-state index >= 15 is 0 Å². The van der Waals surface area contributed by atoms with E-state index < -0.39 is 0 Å². The summed E-state index contributed by atoms with van der Waals surface area (Å²) in [4.78, 5) is 10.9. The third-order valence-corrected chi connectivity index (χ3v) is 3.41. The van der Waals surface area contributed by atoms with Gasteiger partial charge in [-0.15, -0.1) is 0 Å². The number of hydrogen-bond donors (Lipinski definition) is 2. The average Bonchev–Trinajstić information content (AvgIpc) is 2.27. The minimum absolute atomic E-state index is 0.149. The summed E-state index contributed by atoms with van der Waals surface area (Å²) in [7, 11) is 0. The van der Waals surface area contributed by atoms with Crippen molar-refractivity contribution in [1.29, 1.82) is 0 Å². The summed E-state index contributed by atoms with van der Waals surface area (Å²) in [6.07, 6.45) is 5.35. The summed E-state index contributed by atoms with van der Waals surface area (Å²) in [5.41, 5.74) is 5.43. The summed E-state index contributed by atoms with van der Waals surface area (Å²) in [5.74, 6) is -0.149. The van der Waals surface area contributed by atoms with Crippen molar-refractivity contribution in [2.75, 3.05) is 0 Å². The van der Waals surface area contributed by atoms with Crippen LogP contribution in [0.1, 0.15) is 39.0 Å². The molecule has 2 aliphatic heterocycles. The Morgan fingerprint density at radius 3 is 2.46 bits per heavy atom. The zero-order chi connectivity index (χ0) is 9.47. The van der Waals surface area contributed by atoms with Gasteiger partial charge in [-0.05, 0) is 31.1 Å². The lowest BCUT2D eigenvalue weighted by atomic mass is 9.75. The van der Waals surface area contributed by atoms with Gasteiger partial charge < -0.3 is 11.1 Å². The molecule has 74 valence electrons. The SMILES string of the molecule is CC1(CC(N)=O)CC2CCC(C1)N2. The topological polar surface area (TPSA) is 55.1 Å². The van der Waals surface area contributed by atoms with E-state index in [1.54, 1.807) is 0 Å². The van der Waals surface area contributed by atoms with Crippen LogP contribution in [0.2, 0.25) is 0 Å². The number of carbonyl (C=O) groups is 1. The first kappa shape index (κ1) is 9.00. The van der Waals surface area contributed by atoms with Gasteiger partial charge in [0.1, 0.15) is 0 Å². The van der Waals surface area contributed by atoms with Crippen molar-refractivity contribution in [3.63, 3.8) is 0 Å². The molecule has 3 heteroatoms. The molecule has 3 nitrogen and oxygen atoms in total. The Morgan fingerprint density at radius 2 is 2.00 bits per heavy atom. The van der Waals surface area contributed by atoms with Crippen LogP contribution in [-0.4, -0.2) is 18.0 Å². The number of piperidine rings is 1. The van der Waals surface area contributed by atoms with Crippen LogP contribution in [0.25, 0.3) is 0 Å². The summed E-state index contributed by atoms with van der Waals surface area (Å²) in [6, 6.07) is 1.28. The number of nitrogens with two attached hydrogens (primary N) is 1. The van der Waals surface area contributed by atoms with Crippen LogP contribution >= 0.6 is 0 Å². The Labute approximate surface area is 79.1 Å². The summed E-state index contributed by atoms with van der Waals surface area (Å²) in [5, 5.41) is 3.57. The molecule has 2 bridgehead atoms. The van der Waals surface area contributed by atoms with E-state index in [1.165, 1.54) is 12.8 Å². The number of amides is 1. The summed E-state index contributed by atoms with van der Waals surface area (Å²) >= 11 is 0. The number of primary amides is 1. The molecule has 2 atom stereocenters. The number of fused-ring (bicyclic) bond motifs is 2. The first-order chi connectivity index (χ1) is 6.07. The van der Waals surface area contributed by atoms with Gasteiger partial charge in [0.15, 0.2) is 0 Å². The summed E-state index contributed by atoms with van der Waals surface area (Å²) < 4.78 is 0. The van der Waals surface area contributed by atoms with E-state index in [9.17, 15) is 4.79 Å². The van der Waals surface area contributed by atoms with Crippen molar-refractivity contribution in [3.05, 3.63) is 0 Å². The van der Waals surface area contributed by atoms with Crippen molar-refractivity contribution >= 4 is 5.91 Å². The molecule has 2 unspecified atom stereocenters. The molecular formula is C10H18N2O. The van der Waals surface area contributed by atoms with Crippen LogP contribution in [-0.2, 0) is 4.79 Å². The van der Waals surface area contributed by atoms with Gasteiger partial charge in [-0.3, -0.25) is 4.79 Å². The molecule has 2 fully saturated rings. The molecule has 0 spiro atoms. The van der Waals surface area contributed by atoms with Crippen LogP contribution in [0.3, 0.4) is 0 Å². The predicted octanol–water partition coefficient (Wildman–Crippen LogP) is 0.782. The molecule has 1 amide bonds. The highest BCUT2D eigenvalue weighted by Crippen LogP contribution is 2.41. The standard InChI is InChI=1S/C10H18N2O/c1-10(6-9(11)13)4-7-2-3-8(5-10)12-7/h7-8,12H,2-6H2,1H3,(H2,11,13). The smallest absolute Gasteiger partial charge is 0.217 e. The van der Waals surface area contributed by atoms with E-state index in [0.717, 1.165) is 12.8 Å². The van der Waals surface area contributed by atoms with Gasteiger partial charge in [-0.2, -0.15) is 0 Å². The fraction of sp³-hybridized carbons (Fsp3) is 0.900. The van der Waals surface area contributed by atoms with E-state index in [1.807, 2.05) is 0 Å². The quantitative estimate of drug-likeness (QED) is 0.663. The molecular weight excluding hydrogens is 164 g/mol. The number of nitrogens with one attached hydrogen (secondary N) is 1. The first-order valence-corrected chi connectivity index (χ1v) is 5.12. The largest absolute Gasteiger partial charge is 0.370 e. The third-order valence-electron chi connectivity index (χ3n) is 3.41. The van der Waals surface area contributed by atoms with Crippen molar-refractivity contribution in [1.82, 2.24) is 5.32 Å². The van der Waals surface area contributed by atoms with Gasteiger partial charge in [-0.25, -0.2) is 0 Å². The first-order valence-electron chi connectivity index (χ1n) is 5.12. The highest BCUT2D eigenvalue weighted by atomic mass is 16.1. The zero-order valence-corrected chi connectivity index (χ0v) is 8.18. The molecule has 0 aromatic heterocycles. The van der Waals surface area contributed by atoms with Gasteiger partial charge in [0.05, 0.1) is 0 Å². The lowest BCUT2D eigenvalue weighted by molar-refractivity contribution is -0.120. The molecule has 2 heterocycles. The molecule has 3 N–H and O–H groups in total. The van der Waals surface area contributed by atoms with Gasteiger partial charge >= 0.3 is 0 Å². The number of hydrogen-bond acceptors (Lipinski definition) is 2. The monoisotopic (exact) mass is 182 g/mol. The van der Waals surface area contributed by atoms with Crippen LogP contribution in [0, 0.1) is 5.41 Å². The maximum atomic E-state index is 10.9. The fourth-order valence-electron chi connectivity index (χ4n) is 3.06. The van der Waals surface area contributed by atoms with Crippen LogP contribution < -0.4 is 11.1 Å². The lowest BCUT2D eigenvalue weighted by Gasteiger charge is -2.37. The summed E-state index contributed by atoms with van der Waals surface area (Å²) in [6.45, 7) is 2.20. The molecule has 2 rings (SSSR count). The molecule has 2 aliphatic rings. The molecule has 0 saturated carbocycles. The molecule has 13 heavy (non-hydrogen) atoms. The molecule has 2 saturated heterocycles. The van der Waals surface area contributed by atoms with E-state index in [2.05, 4.69) is 12.2 Å². The van der Waals surface area contributed by atoms with Gasteiger partial charge in [-0.1, -0.05) is 6.92 Å². The Kier molecular flexibility index (Phi) is 2.06. The Bertz CT molecular complexity index is 215. The van der Waals surface area contributed by atoms with Crippen molar-refractivity contribution in [3.8, 4) is 0 Å². The molecule has 0 aromatic rings. The fourth-order valence-corrected chi connectivity index (χ4v) is 3.06. The predicted molar refractivity (Wildman–Crippen MR) is 51.1 cm³/mol. The minimum atomic E-state index is -0.149. The zero-order valence-electron chi connectivity index (χ0n) is 8.18. The lowest BCUT2D eigenvalue weighted by Crippen LogP contribution is -2.44. The Balaban J connectivity index is 2.03. The van der Waals surface area contributed by atoms with E-state index in [-0.39, 0.29) is 11.3 Å². The van der Waals surface area contributed by atoms with E-state index in [4.69, 9.17) is 5.73 Å². The Morgan fingerprint density at radius 1 is 1.46 bits per heavy atom. The molecule has 0 radical (unpaired) electrons. The number of rotatable bonds is 2. The van der Waals surface area contributed by atoms with Gasteiger partial charge in [0.2, 0.25) is 5.91 Å². The molecule has 0 aliphatic carbocycles. The van der Waals surface area contributed by atoms with Crippen molar-refractivity contribution in [2.24, 2.45) is 11.1 Å². The van der Waals surface area contributed by atoms with Crippen LogP contribution in [0.15, 0.2) is 0 Å². The van der Waals surface area contributed by atoms with Crippen LogP contribution in [0.4, 0.5) is 0 Å². The van der Waals surface area contributed by atoms with Crippen LogP contribution in [0.5, 0.6) is 0 Å². The minimum Gasteiger partial charge on any atom is -0.370 e. The van der Waals surface area contributed by atoms with Crippen molar-refractivity contribution in [2.45, 2.75) is 51.1 Å². The Hall–Kier alpha value is -0.570. The average molecular weight is 182 g/mol. The second-order valence-corrected chi connectivity index (χ2v) is 5.00. The second-order valence-electron chi connectivity index (χ2n) is 5.00. The normalized spacial score (nSPS) is 43.5. The van der Waals surface area contributed by atoms with Gasteiger partial charge in [0.25, 0.3) is 0 Å².